The number of hydrogen-bond donors (Lipinski definition) is 0. The summed E-state index contributed by atoms with van der Waals surface area (Å²) in [6.07, 6.45) is 0. The maximum Gasteiger partial charge on any atom is 0.0547 e. The number of anilines is 3. The van der Waals surface area contributed by atoms with Crippen LogP contribution < -0.4 is 4.90 Å². The second-order valence-corrected chi connectivity index (χ2v) is 15.7. The van der Waals surface area contributed by atoms with Gasteiger partial charge in [-0.2, -0.15) is 0 Å². The normalized spacial score (nSPS) is 12.9. The number of hydrogen-bond acceptors (Lipinski definition) is 1. The standard InChI is InChI=1S/C55H40N2/c1-55(2)47-22-11-8-20-45(47)54-48(55)23-14-26-51(54)56(41-32-27-38(28-33-41)37-15-4-3-5-16-37)42-34-29-40(30-35-42)43-18-9-12-24-49(43)57-50-25-13-10-21-46(50)53-44-19-7-6-17-39(44)31-36-52(53)57/h3-36H,1-2H3. The molecule has 0 saturated heterocycles. The Balaban J connectivity index is 1.07. The second-order valence-electron chi connectivity index (χ2n) is 15.7. The topological polar surface area (TPSA) is 8.17 Å². The Morgan fingerprint density at radius 3 is 1.79 bits per heavy atom. The van der Waals surface area contributed by atoms with Crippen molar-refractivity contribution in [2.24, 2.45) is 0 Å². The fraction of sp³-hybridized carbons (Fsp3) is 0.0545. The van der Waals surface area contributed by atoms with Crippen LogP contribution in [0.3, 0.4) is 0 Å². The minimum absolute atomic E-state index is 0.0998. The molecule has 0 saturated carbocycles. The molecule has 1 aliphatic rings. The number of aromatic nitrogens is 1. The molecule has 0 spiro atoms. The van der Waals surface area contributed by atoms with E-state index in [0.29, 0.717) is 0 Å². The zero-order chi connectivity index (χ0) is 38.1. The third-order valence-corrected chi connectivity index (χ3v) is 12.2. The van der Waals surface area contributed by atoms with E-state index in [1.807, 2.05) is 0 Å². The summed E-state index contributed by atoms with van der Waals surface area (Å²) in [5, 5.41) is 5.10. The van der Waals surface area contributed by atoms with E-state index in [1.165, 1.54) is 88.5 Å². The summed E-state index contributed by atoms with van der Waals surface area (Å²) < 4.78 is 2.45. The van der Waals surface area contributed by atoms with Crippen molar-refractivity contribution in [3.63, 3.8) is 0 Å². The lowest BCUT2D eigenvalue weighted by atomic mass is 9.82. The summed E-state index contributed by atoms with van der Waals surface area (Å²) in [6, 6.07) is 75.5. The Bertz CT molecular complexity index is 3130. The molecule has 11 rings (SSSR count). The van der Waals surface area contributed by atoms with Crippen LogP contribution >= 0.6 is 0 Å². The Kier molecular flexibility index (Phi) is 7.55. The highest BCUT2D eigenvalue weighted by atomic mass is 15.1. The molecule has 270 valence electrons. The lowest BCUT2D eigenvalue weighted by Crippen LogP contribution is -2.16. The summed E-state index contributed by atoms with van der Waals surface area (Å²) in [5.41, 5.74) is 17.0. The SMILES string of the molecule is CC1(C)c2ccccc2-c2c(N(c3ccc(-c4ccccc4)cc3)c3ccc(-c4ccccc4-n4c5ccccc5c5c6ccccc6ccc54)cc3)cccc21. The van der Waals surface area contributed by atoms with Crippen LogP contribution in [0.5, 0.6) is 0 Å². The van der Waals surface area contributed by atoms with E-state index in [2.05, 4.69) is 230 Å². The largest absolute Gasteiger partial charge is 0.310 e. The van der Waals surface area contributed by atoms with Gasteiger partial charge in [0.15, 0.2) is 0 Å². The molecule has 0 bridgehead atoms. The predicted octanol–water partition coefficient (Wildman–Crippen LogP) is 15.0. The smallest absolute Gasteiger partial charge is 0.0547 e. The van der Waals surface area contributed by atoms with E-state index in [0.717, 1.165) is 11.4 Å². The summed E-state index contributed by atoms with van der Waals surface area (Å²) in [4.78, 5) is 2.44. The first-order valence-electron chi connectivity index (χ1n) is 19.9. The van der Waals surface area contributed by atoms with Crippen molar-refractivity contribution in [3.05, 3.63) is 217 Å². The van der Waals surface area contributed by atoms with Gasteiger partial charge in [0.25, 0.3) is 0 Å². The van der Waals surface area contributed by atoms with Crippen LogP contribution in [-0.4, -0.2) is 4.57 Å². The average molecular weight is 729 g/mol. The molecule has 2 heteroatoms. The molecule has 1 aliphatic carbocycles. The van der Waals surface area contributed by atoms with Crippen LogP contribution in [0.4, 0.5) is 17.1 Å². The van der Waals surface area contributed by atoms with Crippen molar-refractivity contribution < 1.29 is 0 Å². The van der Waals surface area contributed by atoms with Crippen LogP contribution in [0, 0.1) is 0 Å². The maximum atomic E-state index is 2.45. The third-order valence-electron chi connectivity index (χ3n) is 12.2. The molecule has 9 aromatic carbocycles. The summed E-state index contributed by atoms with van der Waals surface area (Å²) in [6.45, 7) is 4.71. The number of rotatable bonds is 6. The number of benzene rings is 9. The van der Waals surface area contributed by atoms with Gasteiger partial charge in [-0.05, 0) is 92.7 Å². The number of para-hydroxylation sites is 2. The summed E-state index contributed by atoms with van der Waals surface area (Å²) >= 11 is 0. The zero-order valence-electron chi connectivity index (χ0n) is 32.0. The van der Waals surface area contributed by atoms with Crippen molar-refractivity contribution in [2.45, 2.75) is 19.3 Å². The molecular weight excluding hydrogens is 689 g/mol. The van der Waals surface area contributed by atoms with Crippen LogP contribution in [0.2, 0.25) is 0 Å². The number of fused-ring (bicyclic) bond motifs is 8. The summed E-state index contributed by atoms with van der Waals surface area (Å²) in [5.74, 6) is 0. The molecule has 1 aromatic heterocycles. The van der Waals surface area contributed by atoms with Crippen molar-refractivity contribution in [2.75, 3.05) is 4.90 Å². The molecule has 0 radical (unpaired) electrons. The molecular formula is C55H40N2. The summed E-state index contributed by atoms with van der Waals surface area (Å²) in [7, 11) is 0. The lowest BCUT2D eigenvalue weighted by molar-refractivity contribution is 0.660. The van der Waals surface area contributed by atoms with Gasteiger partial charge in [0, 0.05) is 38.7 Å². The van der Waals surface area contributed by atoms with Gasteiger partial charge in [-0.3, -0.25) is 0 Å². The minimum atomic E-state index is -0.0998. The first kappa shape index (κ1) is 33.2. The van der Waals surface area contributed by atoms with Gasteiger partial charge in [-0.1, -0.05) is 172 Å². The van der Waals surface area contributed by atoms with Crippen molar-refractivity contribution in [1.29, 1.82) is 0 Å². The monoisotopic (exact) mass is 728 g/mol. The molecule has 0 atom stereocenters. The predicted molar refractivity (Wildman–Crippen MR) is 241 cm³/mol. The highest BCUT2D eigenvalue weighted by molar-refractivity contribution is 6.21. The maximum absolute atomic E-state index is 2.45. The van der Waals surface area contributed by atoms with Crippen molar-refractivity contribution in [3.8, 4) is 39.1 Å². The molecule has 0 aliphatic heterocycles. The van der Waals surface area contributed by atoms with E-state index >= 15 is 0 Å². The molecule has 0 N–H and O–H groups in total. The van der Waals surface area contributed by atoms with E-state index in [-0.39, 0.29) is 5.41 Å². The van der Waals surface area contributed by atoms with Crippen molar-refractivity contribution >= 4 is 49.6 Å². The number of nitrogens with zero attached hydrogens (tertiary/aromatic N) is 2. The van der Waals surface area contributed by atoms with Crippen LogP contribution in [0.1, 0.15) is 25.0 Å². The van der Waals surface area contributed by atoms with Gasteiger partial charge in [0.1, 0.15) is 0 Å². The molecule has 0 amide bonds. The second kappa shape index (κ2) is 13.0. The van der Waals surface area contributed by atoms with Gasteiger partial charge in [0.2, 0.25) is 0 Å². The Hall–Kier alpha value is -7.16. The zero-order valence-corrected chi connectivity index (χ0v) is 32.0. The Labute approximate surface area is 333 Å². The van der Waals surface area contributed by atoms with Gasteiger partial charge in [-0.25, -0.2) is 0 Å². The third kappa shape index (κ3) is 5.18. The average Bonchev–Trinajstić information content (AvgIpc) is 3.74. The molecule has 0 unspecified atom stereocenters. The first-order chi connectivity index (χ1) is 28.1. The fourth-order valence-electron chi connectivity index (χ4n) is 9.48. The van der Waals surface area contributed by atoms with E-state index in [4.69, 9.17) is 0 Å². The Morgan fingerprint density at radius 1 is 0.404 bits per heavy atom. The fourth-order valence-corrected chi connectivity index (χ4v) is 9.48. The highest BCUT2D eigenvalue weighted by Crippen LogP contribution is 2.54. The van der Waals surface area contributed by atoms with Crippen molar-refractivity contribution in [1.82, 2.24) is 4.57 Å². The van der Waals surface area contributed by atoms with Crippen LogP contribution in [0.25, 0.3) is 71.6 Å². The molecule has 1 heterocycles. The quantitative estimate of drug-likeness (QED) is 0.165. The van der Waals surface area contributed by atoms with Crippen LogP contribution in [-0.2, 0) is 5.41 Å². The molecule has 0 fully saturated rings. The molecule has 2 nitrogen and oxygen atoms in total. The van der Waals surface area contributed by atoms with E-state index in [9.17, 15) is 0 Å². The molecule has 57 heavy (non-hydrogen) atoms. The van der Waals surface area contributed by atoms with Gasteiger partial charge in [-0.15, -0.1) is 0 Å². The highest BCUT2D eigenvalue weighted by Gasteiger charge is 2.37. The van der Waals surface area contributed by atoms with E-state index < -0.39 is 0 Å². The minimum Gasteiger partial charge on any atom is -0.310 e. The Morgan fingerprint density at radius 2 is 1.00 bits per heavy atom. The van der Waals surface area contributed by atoms with Gasteiger partial charge >= 0.3 is 0 Å². The van der Waals surface area contributed by atoms with Gasteiger partial charge < -0.3 is 9.47 Å². The van der Waals surface area contributed by atoms with E-state index in [1.54, 1.807) is 0 Å². The first-order valence-corrected chi connectivity index (χ1v) is 19.9. The van der Waals surface area contributed by atoms with Crippen LogP contribution in [0.15, 0.2) is 206 Å². The lowest BCUT2D eigenvalue weighted by Gasteiger charge is -2.29. The van der Waals surface area contributed by atoms with Gasteiger partial charge in [0.05, 0.1) is 22.4 Å². The molecule has 10 aromatic rings.